The number of carbonyl (C=O) groups excluding carboxylic acids is 1. The highest BCUT2D eigenvalue weighted by Crippen LogP contribution is 2.19. The van der Waals surface area contributed by atoms with Gasteiger partial charge in [-0.05, 0) is 36.1 Å². The second kappa shape index (κ2) is 7.11. The number of nitrogens with two attached hydrogens (primary N) is 1. The molecule has 0 saturated carbocycles. The Morgan fingerprint density at radius 3 is 2.78 bits per heavy atom. The maximum Gasteiger partial charge on any atom is 0.220 e. The monoisotopic (exact) mass is 252 g/mol. The molecular weight excluding hydrogens is 231 g/mol. The number of amides is 1. The molecule has 1 aromatic rings. The summed E-state index contributed by atoms with van der Waals surface area (Å²) < 4.78 is 13.1. The number of halogens is 1. The molecule has 0 fully saturated rings. The Bertz CT molecular complexity index is 395. The Hall–Kier alpha value is -1.42. The molecular formula is C14H21FN2O. The molecule has 0 aromatic heterocycles. The summed E-state index contributed by atoms with van der Waals surface area (Å²) in [5.74, 6) is -0.00381. The van der Waals surface area contributed by atoms with E-state index >= 15 is 0 Å². The lowest BCUT2D eigenvalue weighted by atomic mass is 9.97. The normalized spacial score (nSPS) is 14.0. The molecule has 0 spiro atoms. The minimum absolute atomic E-state index is 0.00822. The predicted octanol–water partition coefficient (Wildman–Crippen LogP) is 2.03. The van der Waals surface area contributed by atoms with E-state index in [9.17, 15) is 9.18 Å². The zero-order valence-electron chi connectivity index (χ0n) is 10.9. The van der Waals surface area contributed by atoms with Gasteiger partial charge in [-0.1, -0.05) is 26.0 Å². The zero-order valence-corrected chi connectivity index (χ0v) is 10.9. The molecule has 1 amide bonds. The number of hydrogen-bond acceptors (Lipinski definition) is 2. The third kappa shape index (κ3) is 4.84. The number of nitrogens with one attached hydrogen (secondary N) is 1. The van der Waals surface area contributed by atoms with Crippen molar-refractivity contribution in [1.29, 1.82) is 0 Å². The molecule has 1 rings (SSSR count). The van der Waals surface area contributed by atoms with Crippen LogP contribution in [0.2, 0.25) is 0 Å². The van der Waals surface area contributed by atoms with Gasteiger partial charge in [-0.15, -0.1) is 0 Å². The van der Waals surface area contributed by atoms with Crippen molar-refractivity contribution in [2.45, 2.75) is 26.2 Å². The molecule has 0 bridgehead atoms. The van der Waals surface area contributed by atoms with Crippen LogP contribution in [0.5, 0.6) is 0 Å². The predicted molar refractivity (Wildman–Crippen MR) is 70.7 cm³/mol. The number of hydrogen-bond donors (Lipinski definition) is 2. The van der Waals surface area contributed by atoms with E-state index in [1.807, 2.05) is 19.9 Å². The maximum absolute atomic E-state index is 13.1. The van der Waals surface area contributed by atoms with Gasteiger partial charge < -0.3 is 11.1 Å². The van der Waals surface area contributed by atoms with E-state index in [-0.39, 0.29) is 23.6 Å². The van der Waals surface area contributed by atoms with Crippen LogP contribution in [0.1, 0.15) is 31.7 Å². The Morgan fingerprint density at radius 2 is 2.17 bits per heavy atom. The minimum atomic E-state index is -0.267. The van der Waals surface area contributed by atoms with Crippen molar-refractivity contribution in [1.82, 2.24) is 5.32 Å². The summed E-state index contributed by atoms with van der Waals surface area (Å²) in [6.07, 6.45) is 0.362. The van der Waals surface area contributed by atoms with Gasteiger partial charge in [0, 0.05) is 13.0 Å². The third-order valence-electron chi connectivity index (χ3n) is 2.96. The smallest absolute Gasteiger partial charge is 0.220 e. The summed E-state index contributed by atoms with van der Waals surface area (Å²) in [4.78, 5) is 11.7. The number of carbonyl (C=O) groups is 1. The van der Waals surface area contributed by atoms with Gasteiger partial charge in [-0.3, -0.25) is 4.79 Å². The number of benzene rings is 1. The SMILES string of the molecule is CC(CN)CNC(=O)CC(C)c1cccc(F)c1. The zero-order chi connectivity index (χ0) is 13.5. The van der Waals surface area contributed by atoms with E-state index in [0.29, 0.717) is 19.5 Å². The average molecular weight is 252 g/mol. The van der Waals surface area contributed by atoms with Crippen LogP contribution < -0.4 is 11.1 Å². The lowest BCUT2D eigenvalue weighted by Gasteiger charge is -2.14. The van der Waals surface area contributed by atoms with Gasteiger partial charge in [-0.25, -0.2) is 4.39 Å². The molecule has 100 valence electrons. The Balaban J connectivity index is 2.44. The van der Waals surface area contributed by atoms with Crippen LogP contribution >= 0.6 is 0 Å². The number of rotatable bonds is 6. The van der Waals surface area contributed by atoms with Crippen molar-refractivity contribution < 1.29 is 9.18 Å². The van der Waals surface area contributed by atoms with Gasteiger partial charge in [-0.2, -0.15) is 0 Å². The Morgan fingerprint density at radius 1 is 1.44 bits per heavy atom. The molecule has 0 radical (unpaired) electrons. The van der Waals surface area contributed by atoms with Crippen LogP contribution in [0.3, 0.4) is 0 Å². The lowest BCUT2D eigenvalue weighted by Crippen LogP contribution is -2.31. The van der Waals surface area contributed by atoms with Gasteiger partial charge >= 0.3 is 0 Å². The molecule has 2 atom stereocenters. The molecule has 0 aliphatic rings. The van der Waals surface area contributed by atoms with Gasteiger partial charge in [0.25, 0.3) is 0 Å². The van der Waals surface area contributed by atoms with Gasteiger partial charge in [0.05, 0.1) is 0 Å². The van der Waals surface area contributed by atoms with E-state index in [4.69, 9.17) is 5.73 Å². The van der Waals surface area contributed by atoms with E-state index in [1.54, 1.807) is 6.07 Å². The third-order valence-corrected chi connectivity index (χ3v) is 2.96. The van der Waals surface area contributed by atoms with Gasteiger partial charge in [0.1, 0.15) is 5.82 Å². The van der Waals surface area contributed by atoms with Gasteiger partial charge in [0.15, 0.2) is 0 Å². The summed E-state index contributed by atoms with van der Waals surface area (Å²) in [5.41, 5.74) is 6.32. The Labute approximate surface area is 108 Å². The second-order valence-electron chi connectivity index (χ2n) is 4.81. The van der Waals surface area contributed by atoms with E-state index < -0.39 is 0 Å². The van der Waals surface area contributed by atoms with Crippen LogP contribution in [-0.4, -0.2) is 19.0 Å². The molecule has 0 saturated heterocycles. The topological polar surface area (TPSA) is 55.1 Å². The van der Waals surface area contributed by atoms with Crippen LogP contribution in [0.25, 0.3) is 0 Å². The largest absolute Gasteiger partial charge is 0.356 e. The molecule has 3 N–H and O–H groups in total. The van der Waals surface area contributed by atoms with Crippen molar-refractivity contribution in [2.75, 3.05) is 13.1 Å². The van der Waals surface area contributed by atoms with Crippen molar-refractivity contribution in [3.8, 4) is 0 Å². The first kappa shape index (κ1) is 14.6. The molecule has 1 aromatic carbocycles. The molecule has 0 aliphatic heterocycles. The average Bonchev–Trinajstić information content (AvgIpc) is 2.35. The van der Waals surface area contributed by atoms with Crippen molar-refractivity contribution in [3.63, 3.8) is 0 Å². The molecule has 18 heavy (non-hydrogen) atoms. The first-order valence-electron chi connectivity index (χ1n) is 6.25. The van der Waals surface area contributed by atoms with Crippen molar-refractivity contribution in [3.05, 3.63) is 35.6 Å². The minimum Gasteiger partial charge on any atom is -0.356 e. The van der Waals surface area contributed by atoms with E-state index in [2.05, 4.69) is 5.32 Å². The fraction of sp³-hybridized carbons (Fsp3) is 0.500. The molecule has 3 nitrogen and oxygen atoms in total. The summed E-state index contributed by atoms with van der Waals surface area (Å²) in [6.45, 7) is 5.04. The van der Waals surface area contributed by atoms with Gasteiger partial charge in [0.2, 0.25) is 5.91 Å². The Kier molecular flexibility index (Phi) is 5.78. The molecule has 2 unspecified atom stereocenters. The fourth-order valence-electron chi connectivity index (χ4n) is 1.65. The molecule has 0 heterocycles. The van der Waals surface area contributed by atoms with Crippen LogP contribution in [-0.2, 0) is 4.79 Å². The highest BCUT2D eigenvalue weighted by atomic mass is 19.1. The second-order valence-corrected chi connectivity index (χ2v) is 4.81. The quantitative estimate of drug-likeness (QED) is 0.814. The summed E-state index contributed by atoms with van der Waals surface area (Å²) in [6, 6.07) is 6.37. The molecule has 0 aliphatic carbocycles. The highest BCUT2D eigenvalue weighted by molar-refractivity contribution is 5.76. The summed E-state index contributed by atoms with van der Waals surface area (Å²) in [5, 5.41) is 2.84. The van der Waals surface area contributed by atoms with Crippen molar-refractivity contribution in [2.24, 2.45) is 11.7 Å². The maximum atomic E-state index is 13.1. The summed E-state index contributed by atoms with van der Waals surface area (Å²) >= 11 is 0. The van der Waals surface area contributed by atoms with E-state index in [0.717, 1.165) is 5.56 Å². The lowest BCUT2D eigenvalue weighted by molar-refractivity contribution is -0.121. The highest BCUT2D eigenvalue weighted by Gasteiger charge is 2.12. The standard InChI is InChI=1S/C14H21FN2O/c1-10(8-16)9-17-14(18)6-11(2)12-4-3-5-13(15)7-12/h3-5,7,10-11H,6,8-9,16H2,1-2H3,(H,17,18). The van der Waals surface area contributed by atoms with Crippen LogP contribution in [0.15, 0.2) is 24.3 Å². The fourth-order valence-corrected chi connectivity index (χ4v) is 1.65. The van der Waals surface area contributed by atoms with Crippen LogP contribution in [0, 0.1) is 11.7 Å². The summed E-state index contributed by atoms with van der Waals surface area (Å²) in [7, 11) is 0. The molecule has 4 heteroatoms. The van der Waals surface area contributed by atoms with Crippen LogP contribution in [0.4, 0.5) is 4.39 Å². The first-order chi connectivity index (χ1) is 8.52. The van der Waals surface area contributed by atoms with E-state index in [1.165, 1.54) is 12.1 Å². The first-order valence-corrected chi connectivity index (χ1v) is 6.25. The van der Waals surface area contributed by atoms with Crippen molar-refractivity contribution >= 4 is 5.91 Å².